The van der Waals surface area contributed by atoms with Gasteiger partial charge in [0, 0.05) is 0 Å². The van der Waals surface area contributed by atoms with Crippen LogP contribution >= 0.6 is 11.3 Å². The Morgan fingerprint density at radius 3 is 3.19 bits per heavy atom. The van der Waals surface area contributed by atoms with E-state index < -0.39 is 5.97 Å². The number of nitrogens with zero attached hydrogens (tertiary/aromatic N) is 6. The fourth-order valence-corrected chi connectivity index (χ4v) is 2.25. The van der Waals surface area contributed by atoms with Crippen LogP contribution in [0.4, 0.5) is 0 Å². The van der Waals surface area contributed by atoms with Crippen LogP contribution in [0.15, 0.2) is 22.0 Å². The van der Waals surface area contributed by atoms with Crippen molar-refractivity contribution < 1.29 is 14.1 Å². The van der Waals surface area contributed by atoms with Crippen molar-refractivity contribution in [2.75, 3.05) is 6.61 Å². The Morgan fingerprint density at radius 2 is 2.43 bits per heavy atom. The highest BCUT2D eigenvalue weighted by Gasteiger charge is 2.19. The largest absolute Gasteiger partial charge is 0.460 e. The van der Waals surface area contributed by atoms with Gasteiger partial charge < -0.3 is 9.26 Å². The summed E-state index contributed by atoms with van der Waals surface area (Å²) in [4.78, 5) is 16.8. The summed E-state index contributed by atoms with van der Waals surface area (Å²) in [7, 11) is 0. The van der Waals surface area contributed by atoms with Crippen LogP contribution in [0.25, 0.3) is 10.8 Å². The van der Waals surface area contributed by atoms with Crippen molar-refractivity contribution in [3.05, 3.63) is 29.2 Å². The van der Waals surface area contributed by atoms with Crippen molar-refractivity contribution in [1.82, 2.24) is 30.3 Å². The molecular formula is C11H10N6O3S. The van der Waals surface area contributed by atoms with E-state index in [2.05, 4.69) is 25.7 Å². The molecule has 3 rings (SSSR count). The molecule has 3 aromatic heterocycles. The van der Waals surface area contributed by atoms with Crippen LogP contribution in [0, 0.1) is 0 Å². The van der Waals surface area contributed by atoms with Gasteiger partial charge in [-0.15, -0.1) is 16.4 Å². The highest BCUT2D eigenvalue weighted by Crippen LogP contribution is 2.22. The SMILES string of the molecule is CCOC(=O)c1nnnn1Cc1noc(-c2cccs2)n1. The van der Waals surface area contributed by atoms with E-state index >= 15 is 0 Å². The zero-order valence-electron chi connectivity index (χ0n) is 11.0. The van der Waals surface area contributed by atoms with Gasteiger partial charge in [0.15, 0.2) is 5.82 Å². The second-order valence-corrected chi connectivity index (χ2v) is 4.82. The smallest absolute Gasteiger partial charge is 0.378 e. The predicted octanol–water partition coefficient (Wildman–Crippen LogP) is 1.01. The molecular weight excluding hydrogens is 296 g/mol. The standard InChI is InChI=1S/C11H10N6O3S/c1-2-19-11(18)9-13-15-16-17(9)6-8-12-10(20-14-8)7-4-3-5-21-7/h3-5H,2,6H2,1H3. The van der Waals surface area contributed by atoms with Gasteiger partial charge in [0.1, 0.15) is 6.54 Å². The van der Waals surface area contributed by atoms with E-state index in [-0.39, 0.29) is 19.0 Å². The number of carbonyl (C=O) groups is 1. The summed E-state index contributed by atoms with van der Waals surface area (Å²) in [6.45, 7) is 2.07. The number of esters is 1. The van der Waals surface area contributed by atoms with Gasteiger partial charge in [-0.05, 0) is 28.8 Å². The van der Waals surface area contributed by atoms with Crippen LogP contribution < -0.4 is 0 Å². The normalized spacial score (nSPS) is 10.7. The topological polar surface area (TPSA) is 109 Å². The second kappa shape index (κ2) is 5.79. The lowest BCUT2D eigenvalue weighted by atomic mass is 10.5. The van der Waals surface area contributed by atoms with Crippen molar-refractivity contribution in [2.24, 2.45) is 0 Å². The first kappa shape index (κ1) is 13.4. The van der Waals surface area contributed by atoms with Crippen LogP contribution in [0.1, 0.15) is 23.4 Å². The number of rotatable bonds is 5. The van der Waals surface area contributed by atoms with Crippen molar-refractivity contribution >= 4 is 17.3 Å². The van der Waals surface area contributed by atoms with Crippen molar-refractivity contribution in [1.29, 1.82) is 0 Å². The number of tetrazole rings is 1. The number of hydrogen-bond donors (Lipinski definition) is 0. The van der Waals surface area contributed by atoms with E-state index in [0.717, 1.165) is 4.88 Å². The molecule has 0 N–H and O–H groups in total. The van der Waals surface area contributed by atoms with Gasteiger partial charge >= 0.3 is 5.97 Å². The van der Waals surface area contributed by atoms with Gasteiger partial charge in [0.2, 0.25) is 0 Å². The maximum absolute atomic E-state index is 11.7. The first-order valence-corrected chi connectivity index (χ1v) is 6.95. The molecule has 0 spiro atoms. The first-order valence-electron chi connectivity index (χ1n) is 6.07. The molecule has 0 aliphatic rings. The highest BCUT2D eigenvalue weighted by molar-refractivity contribution is 7.13. The summed E-state index contributed by atoms with van der Waals surface area (Å²) < 4.78 is 11.3. The summed E-state index contributed by atoms with van der Waals surface area (Å²) in [6, 6.07) is 3.77. The zero-order valence-corrected chi connectivity index (χ0v) is 11.8. The third-order valence-electron chi connectivity index (χ3n) is 2.48. The number of ether oxygens (including phenoxy) is 1. The summed E-state index contributed by atoms with van der Waals surface area (Å²) in [5.74, 6) is 0.200. The third kappa shape index (κ3) is 2.79. The summed E-state index contributed by atoms with van der Waals surface area (Å²) >= 11 is 1.49. The molecule has 0 bridgehead atoms. The molecule has 0 aromatic carbocycles. The van der Waals surface area contributed by atoms with Crippen molar-refractivity contribution in [3.63, 3.8) is 0 Å². The number of carbonyl (C=O) groups excluding carboxylic acids is 1. The molecule has 0 unspecified atom stereocenters. The Hall–Kier alpha value is -2.62. The van der Waals surface area contributed by atoms with E-state index in [1.807, 2.05) is 17.5 Å². The van der Waals surface area contributed by atoms with Crippen molar-refractivity contribution in [3.8, 4) is 10.8 Å². The molecule has 0 radical (unpaired) electrons. The minimum absolute atomic E-state index is 0.000626. The van der Waals surface area contributed by atoms with Gasteiger partial charge in [-0.2, -0.15) is 4.98 Å². The minimum atomic E-state index is -0.593. The minimum Gasteiger partial charge on any atom is -0.460 e. The molecule has 0 amide bonds. The average Bonchev–Trinajstić information content (AvgIpc) is 3.20. The summed E-state index contributed by atoms with van der Waals surface area (Å²) in [5.41, 5.74) is 0. The Kier molecular flexibility index (Phi) is 3.69. The lowest BCUT2D eigenvalue weighted by Crippen LogP contribution is -2.15. The molecule has 0 aliphatic heterocycles. The van der Waals surface area contributed by atoms with Crippen molar-refractivity contribution in [2.45, 2.75) is 13.5 Å². The van der Waals surface area contributed by atoms with Crippen LogP contribution in [0.5, 0.6) is 0 Å². The number of aromatic nitrogens is 6. The average molecular weight is 306 g/mol. The molecule has 3 heterocycles. The molecule has 0 atom stereocenters. The fraction of sp³-hybridized carbons (Fsp3) is 0.273. The molecule has 0 fully saturated rings. The van der Waals surface area contributed by atoms with Crippen LogP contribution in [-0.4, -0.2) is 42.9 Å². The number of hydrogen-bond acceptors (Lipinski definition) is 9. The molecule has 9 nitrogen and oxygen atoms in total. The maximum Gasteiger partial charge on any atom is 0.378 e. The molecule has 10 heteroatoms. The molecule has 0 aliphatic carbocycles. The van der Waals surface area contributed by atoms with Gasteiger partial charge in [-0.25, -0.2) is 9.48 Å². The first-order chi connectivity index (χ1) is 10.3. The lowest BCUT2D eigenvalue weighted by Gasteiger charge is -2.00. The third-order valence-corrected chi connectivity index (χ3v) is 3.34. The summed E-state index contributed by atoms with van der Waals surface area (Å²) in [5, 5.41) is 16.6. The Balaban J connectivity index is 1.79. The summed E-state index contributed by atoms with van der Waals surface area (Å²) in [6.07, 6.45) is 0. The van der Waals surface area contributed by atoms with Gasteiger partial charge in [0.25, 0.3) is 11.7 Å². The monoisotopic (exact) mass is 306 g/mol. The van der Waals surface area contributed by atoms with E-state index in [1.165, 1.54) is 16.0 Å². The Bertz CT molecular complexity index is 735. The predicted molar refractivity (Wildman–Crippen MR) is 70.5 cm³/mol. The molecule has 0 saturated carbocycles. The highest BCUT2D eigenvalue weighted by atomic mass is 32.1. The van der Waals surface area contributed by atoms with Gasteiger partial charge in [-0.3, -0.25) is 0 Å². The molecule has 0 saturated heterocycles. The fourth-order valence-electron chi connectivity index (χ4n) is 1.61. The zero-order chi connectivity index (χ0) is 14.7. The molecule has 108 valence electrons. The van der Waals surface area contributed by atoms with Crippen LogP contribution in [-0.2, 0) is 11.3 Å². The molecule has 3 aromatic rings. The molecule has 21 heavy (non-hydrogen) atoms. The van der Waals surface area contributed by atoms with E-state index in [4.69, 9.17) is 9.26 Å². The van der Waals surface area contributed by atoms with Crippen LogP contribution in [0.3, 0.4) is 0 Å². The van der Waals surface area contributed by atoms with Crippen LogP contribution in [0.2, 0.25) is 0 Å². The van der Waals surface area contributed by atoms with E-state index in [0.29, 0.717) is 11.7 Å². The van der Waals surface area contributed by atoms with Gasteiger partial charge in [-0.1, -0.05) is 11.2 Å². The quantitative estimate of drug-likeness (QED) is 0.642. The van der Waals surface area contributed by atoms with E-state index in [9.17, 15) is 4.79 Å². The lowest BCUT2D eigenvalue weighted by molar-refractivity contribution is 0.0505. The number of thiophene rings is 1. The van der Waals surface area contributed by atoms with E-state index in [1.54, 1.807) is 6.92 Å². The Morgan fingerprint density at radius 1 is 1.52 bits per heavy atom. The maximum atomic E-state index is 11.7. The Labute approximate surface area is 122 Å². The van der Waals surface area contributed by atoms with Gasteiger partial charge in [0.05, 0.1) is 11.5 Å². The second-order valence-electron chi connectivity index (χ2n) is 3.87.